The molecule has 0 atom stereocenters. The average molecular weight is 365 g/mol. The van der Waals surface area contributed by atoms with E-state index >= 15 is 0 Å². The predicted octanol–water partition coefficient (Wildman–Crippen LogP) is 1.84. The Hall–Kier alpha value is -3.06. The summed E-state index contributed by atoms with van der Waals surface area (Å²) in [5.74, 6) is -5.51. The maximum atomic E-state index is 10.6. The highest BCUT2D eigenvalue weighted by molar-refractivity contribution is 5.87. The zero-order valence-electron chi connectivity index (χ0n) is 11.2. The Kier molecular flexibility index (Phi) is 9.53. The third-order valence-corrected chi connectivity index (χ3v) is 1.43. The standard InChI is InChI=1S/C6H7N3O.2C2HF3O2/c7-6(10)9-5-1-3-8-4-2-5;2*3-2(4,5)1(6)7/h1-4H,(H3,7,8,9,10);2*(H,6,7). The maximum absolute atomic E-state index is 10.6. The van der Waals surface area contributed by atoms with E-state index in [-0.39, 0.29) is 0 Å². The number of nitrogens with zero attached hydrogens (tertiary/aromatic N) is 1. The first-order valence-electron chi connectivity index (χ1n) is 5.24. The Balaban J connectivity index is 0. The molecule has 0 radical (unpaired) electrons. The van der Waals surface area contributed by atoms with Gasteiger partial charge in [-0.1, -0.05) is 0 Å². The first kappa shape index (κ1) is 23.2. The van der Waals surface area contributed by atoms with Crippen LogP contribution in [-0.4, -0.2) is 45.5 Å². The molecule has 0 aliphatic rings. The monoisotopic (exact) mass is 365 g/mol. The highest BCUT2D eigenvalue weighted by Gasteiger charge is 2.38. The molecule has 1 rings (SSSR count). The van der Waals surface area contributed by atoms with Gasteiger partial charge in [-0.2, -0.15) is 26.3 Å². The molecule has 14 heteroatoms. The van der Waals surface area contributed by atoms with Crippen LogP contribution in [0.15, 0.2) is 24.5 Å². The number of carboxylic acids is 2. The summed E-state index contributed by atoms with van der Waals surface area (Å²) >= 11 is 0. The molecule has 0 bridgehead atoms. The molecule has 1 aromatic rings. The first-order chi connectivity index (χ1) is 10.7. The Morgan fingerprint density at radius 2 is 1.21 bits per heavy atom. The number of alkyl halides is 6. The molecule has 136 valence electrons. The zero-order valence-corrected chi connectivity index (χ0v) is 11.2. The van der Waals surface area contributed by atoms with Gasteiger partial charge in [-0.05, 0) is 12.1 Å². The van der Waals surface area contributed by atoms with Crippen LogP contribution in [0.3, 0.4) is 0 Å². The SMILES string of the molecule is NC(=O)Nc1ccncc1.O=C(O)C(F)(F)F.O=C(O)C(F)(F)F. The molecule has 1 heterocycles. The van der Waals surface area contributed by atoms with E-state index in [1.54, 1.807) is 24.5 Å². The van der Waals surface area contributed by atoms with Gasteiger partial charge >= 0.3 is 30.3 Å². The zero-order chi connectivity index (χ0) is 19.6. The summed E-state index contributed by atoms with van der Waals surface area (Å²) in [6.45, 7) is 0. The summed E-state index contributed by atoms with van der Waals surface area (Å²) < 4.78 is 63.5. The van der Waals surface area contributed by atoms with Crippen LogP contribution >= 0.6 is 0 Å². The molecule has 1 aromatic heterocycles. The van der Waals surface area contributed by atoms with Crippen molar-refractivity contribution >= 4 is 23.7 Å². The number of amides is 2. The summed E-state index contributed by atoms with van der Waals surface area (Å²) in [5.41, 5.74) is 5.51. The lowest BCUT2D eigenvalue weighted by Gasteiger charge is -1.97. The predicted molar refractivity (Wildman–Crippen MR) is 64.8 cm³/mol. The Bertz CT molecular complexity index is 522. The highest BCUT2D eigenvalue weighted by Crippen LogP contribution is 2.13. The van der Waals surface area contributed by atoms with Crippen molar-refractivity contribution in [2.45, 2.75) is 12.4 Å². The number of carbonyl (C=O) groups excluding carboxylic acids is 1. The molecule has 8 nitrogen and oxygen atoms in total. The van der Waals surface area contributed by atoms with Crippen molar-refractivity contribution in [2.24, 2.45) is 5.73 Å². The van der Waals surface area contributed by atoms with E-state index in [1.807, 2.05) is 0 Å². The van der Waals surface area contributed by atoms with E-state index in [0.29, 0.717) is 5.69 Å². The van der Waals surface area contributed by atoms with Crippen molar-refractivity contribution in [1.82, 2.24) is 4.98 Å². The second kappa shape index (κ2) is 9.86. The van der Waals surface area contributed by atoms with Gasteiger partial charge in [0.15, 0.2) is 0 Å². The van der Waals surface area contributed by atoms with E-state index < -0.39 is 30.3 Å². The quantitative estimate of drug-likeness (QED) is 0.559. The number of aliphatic carboxylic acids is 2. The fraction of sp³-hybridized carbons (Fsp3) is 0.200. The van der Waals surface area contributed by atoms with Crippen LogP contribution in [0.1, 0.15) is 0 Å². The molecule has 2 amide bonds. The fourth-order valence-electron chi connectivity index (χ4n) is 0.578. The van der Waals surface area contributed by atoms with Gasteiger partial charge in [-0.3, -0.25) is 4.98 Å². The Morgan fingerprint density at radius 1 is 0.917 bits per heavy atom. The smallest absolute Gasteiger partial charge is 0.475 e. The van der Waals surface area contributed by atoms with Crippen LogP contribution in [0, 0.1) is 0 Å². The fourth-order valence-corrected chi connectivity index (χ4v) is 0.578. The highest BCUT2D eigenvalue weighted by atomic mass is 19.4. The molecule has 24 heavy (non-hydrogen) atoms. The molecule has 0 spiro atoms. The number of carboxylic acid groups (broad SMARTS) is 2. The molecule has 5 N–H and O–H groups in total. The van der Waals surface area contributed by atoms with Crippen molar-refractivity contribution in [2.75, 3.05) is 5.32 Å². The van der Waals surface area contributed by atoms with E-state index in [0.717, 1.165) is 0 Å². The topological polar surface area (TPSA) is 143 Å². The number of nitrogens with two attached hydrogens (primary N) is 1. The van der Waals surface area contributed by atoms with E-state index in [9.17, 15) is 31.1 Å². The van der Waals surface area contributed by atoms with Gasteiger partial charge in [0, 0.05) is 18.1 Å². The lowest BCUT2D eigenvalue weighted by atomic mass is 10.4. The number of nitrogens with one attached hydrogen (secondary N) is 1. The van der Waals surface area contributed by atoms with Gasteiger partial charge in [0.2, 0.25) is 0 Å². The number of rotatable bonds is 1. The van der Waals surface area contributed by atoms with Gasteiger partial charge in [-0.25, -0.2) is 14.4 Å². The Labute approximate surface area is 128 Å². The molecule has 0 aliphatic heterocycles. The number of primary amides is 1. The van der Waals surface area contributed by atoms with E-state index in [4.69, 9.17) is 25.5 Å². The number of aromatic nitrogens is 1. The lowest BCUT2D eigenvalue weighted by Crippen LogP contribution is -2.21. The molecular weight excluding hydrogens is 356 g/mol. The molecule has 0 saturated carbocycles. The summed E-state index contributed by atoms with van der Waals surface area (Å²) in [6, 6.07) is 2.75. The van der Waals surface area contributed by atoms with Gasteiger partial charge in [0.1, 0.15) is 0 Å². The van der Waals surface area contributed by atoms with E-state index in [2.05, 4.69) is 10.3 Å². The number of halogens is 6. The van der Waals surface area contributed by atoms with Gasteiger partial charge in [-0.15, -0.1) is 0 Å². The van der Waals surface area contributed by atoms with Gasteiger partial charge in [0.25, 0.3) is 0 Å². The minimum atomic E-state index is -5.08. The van der Waals surface area contributed by atoms with Crippen LogP contribution in [0.2, 0.25) is 0 Å². The lowest BCUT2D eigenvalue weighted by molar-refractivity contribution is -0.193. The number of anilines is 1. The second-order valence-electron chi connectivity index (χ2n) is 3.33. The molecule has 0 aliphatic carbocycles. The van der Waals surface area contributed by atoms with Crippen molar-refractivity contribution < 1.29 is 50.9 Å². The van der Waals surface area contributed by atoms with Crippen LogP contribution in [0.5, 0.6) is 0 Å². The maximum Gasteiger partial charge on any atom is 0.490 e. The number of urea groups is 1. The molecule has 0 fully saturated rings. The number of pyridine rings is 1. The first-order valence-corrected chi connectivity index (χ1v) is 5.24. The van der Waals surface area contributed by atoms with Crippen molar-refractivity contribution in [3.8, 4) is 0 Å². The van der Waals surface area contributed by atoms with E-state index in [1.165, 1.54) is 0 Å². The van der Waals surface area contributed by atoms with Crippen LogP contribution in [0.4, 0.5) is 36.8 Å². The molecule has 0 saturated heterocycles. The third kappa shape index (κ3) is 13.9. The third-order valence-electron chi connectivity index (χ3n) is 1.43. The number of carbonyl (C=O) groups is 3. The average Bonchev–Trinajstić information content (AvgIpc) is 2.38. The summed E-state index contributed by atoms with van der Waals surface area (Å²) in [5, 5.41) is 16.7. The van der Waals surface area contributed by atoms with Crippen molar-refractivity contribution in [3.63, 3.8) is 0 Å². The molecule has 0 unspecified atom stereocenters. The second-order valence-corrected chi connectivity index (χ2v) is 3.33. The minimum absolute atomic E-state index is 0.564. The van der Waals surface area contributed by atoms with Crippen LogP contribution in [0.25, 0.3) is 0 Å². The van der Waals surface area contributed by atoms with Crippen LogP contribution in [-0.2, 0) is 9.59 Å². The van der Waals surface area contributed by atoms with Crippen molar-refractivity contribution in [1.29, 1.82) is 0 Å². The minimum Gasteiger partial charge on any atom is -0.475 e. The molecule has 0 aromatic carbocycles. The van der Waals surface area contributed by atoms with Gasteiger partial charge < -0.3 is 21.3 Å². The number of hydrogen-bond acceptors (Lipinski definition) is 4. The molecular formula is C10H9F6N3O5. The number of hydrogen-bond donors (Lipinski definition) is 4. The summed E-state index contributed by atoms with van der Waals surface area (Å²) in [7, 11) is 0. The van der Waals surface area contributed by atoms with Gasteiger partial charge in [0.05, 0.1) is 0 Å². The largest absolute Gasteiger partial charge is 0.490 e. The Morgan fingerprint density at radius 3 is 1.42 bits per heavy atom. The summed E-state index contributed by atoms with van der Waals surface area (Å²) in [4.78, 5) is 31.8. The summed E-state index contributed by atoms with van der Waals surface area (Å²) in [6.07, 6.45) is -7.02. The normalized spacial score (nSPS) is 10.2. The van der Waals surface area contributed by atoms with Crippen LogP contribution < -0.4 is 11.1 Å². The van der Waals surface area contributed by atoms with Crippen molar-refractivity contribution in [3.05, 3.63) is 24.5 Å².